The first-order valence-corrected chi connectivity index (χ1v) is 10.8. The summed E-state index contributed by atoms with van der Waals surface area (Å²) in [6.07, 6.45) is -0.640. The van der Waals surface area contributed by atoms with E-state index in [2.05, 4.69) is 28.6 Å². The van der Waals surface area contributed by atoms with Crippen LogP contribution in [0.1, 0.15) is 18.4 Å². The number of thiol groups is 1. The number of phenols is 1. The Hall–Kier alpha value is -3.36. The molecule has 0 spiro atoms. The van der Waals surface area contributed by atoms with Gasteiger partial charge in [0.1, 0.15) is 29.9 Å². The Morgan fingerprint density at radius 1 is 0.912 bits per heavy atom. The molecule has 10 N–H and O–H groups in total. The van der Waals surface area contributed by atoms with E-state index in [0.29, 0.717) is 5.56 Å². The van der Waals surface area contributed by atoms with Crippen LogP contribution in [0, 0.1) is 0 Å². The summed E-state index contributed by atoms with van der Waals surface area (Å²) >= 11 is 4.01. The lowest BCUT2D eigenvalue weighted by Gasteiger charge is -2.24. The average molecular weight is 500 g/mol. The number of aliphatic hydroxyl groups excluding tert-OH is 1. The molecule has 0 aliphatic carbocycles. The number of hydrogen-bond donors (Lipinski definition) is 9. The third-order valence-corrected chi connectivity index (χ3v) is 5.02. The van der Waals surface area contributed by atoms with Crippen molar-refractivity contribution in [2.75, 3.05) is 12.4 Å². The van der Waals surface area contributed by atoms with E-state index in [0.717, 1.165) is 0 Å². The Morgan fingerprint density at radius 2 is 1.44 bits per heavy atom. The molecule has 0 aliphatic heterocycles. The van der Waals surface area contributed by atoms with Crippen molar-refractivity contribution in [1.82, 2.24) is 16.0 Å². The second kappa shape index (κ2) is 14.0. The summed E-state index contributed by atoms with van der Waals surface area (Å²) in [5, 5.41) is 34.8. The van der Waals surface area contributed by atoms with E-state index >= 15 is 0 Å². The number of carbonyl (C=O) groups excluding carboxylic acids is 4. The van der Waals surface area contributed by atoms with Gasteiger partial charge in [0.15, 0.2) is 0 Å². The molecular formula is C20H29N5O8S. The average Bonchev–Trinajstić information content (AvgIpc) is 2.79. The number of primary amides is 1. The minimum atomic E-state index is -1.44. The van der Waals surface area contributed by atoms with Crippen LogP contribution in [0.5, 0.6) is 5.75 Å². The molecule has 0 bridgehead atoms. The maximum absolute atomic E-state index is 12.9. The molecule has 0 saturated carbocycles. The van der Waals surface area contributed by atoms with E-state index in [1.165, 1.54) is 24.3 Å². The molecule has 1 rings (SSSR count). The van der Waals surface area contributed by atoms with Gasteiger partial charge in [0.25, 0.3) is 0 Å². The fourth-order valence-corrected chi connectivity index (χ4v) is 2.98. The monoisotopic (exact) mass is 499 g/mol. The van der Waals surface area contributed by atoms with Gasteiger partial charge < -0.3 is 42.7 Å². The summed E-state index contributed by atoms with van der Waals surface area (Å²) in [5.41, 5.74) is 11.0. The van der Waals surface area contributed by atoms with E-state index in [4.69, 9.17) is 16.6 Å². The van der Waals surface area contributed by atoms with Crippen molar-refractivity contribution in [1.29, 1.82) is 0 Å². The molecule has 4 unspecified atom stereocenters. The molecule has 0 saturated heterocycles. The fourth-order valence-electron chi connectivity index (χ4n) is 2.72. The SMILES string of the molecule is NC(=O)CCC(NC(=O)C(Cc1ccc(O)cc1)NC(=O)C(CS)NC(=O)C(N)CO)C(=O)O. The number of rotatable bonds is 14. The summed E-state index contributed by atoms with van der Waals surface area (Å²) in [7, 11) is 0. The van der Waals surface area contributed by atoms with Crippen molar-refractivity contribution >= 4 is 42.2 Å². The first kappa shape index (κ1) is 28.7. The van der Waals surface area contributed by atoms with Gasteiger partial charge in [-0.15, -0.1) is 0 Å². The predicted octanol–water partition coefficient (Wildman–Crippen LogP) is -3.01. The first-order valence-electron chi connectivity index (χ1n) is 10.2. The standard InChI is InChI=1S/C20H29N5O8S/c21-12(8-26)17(29)25-15(9-34)19(31)24-14(7-10-1-3-11(27)4-2-10)18(30)23-13(20(32)33)5-6-16(22)28/h1-4,12-15,26-27,34H,5-9,21H2,(H2,22,28)(H,23,30)(H,24,31)(H,25,29)(H,32,33). The molecule has 13 nitrogen and oxygen atoms in total. The number of amides is 4. The highest BCUT2D eigenvalue weighted by atomic mass is 32.1. The predicted molar refractivity (Wildman–Crippen MR) is 123 cm³/mol. The zero-order valence-corrected chi connectivity index (χ0v) is 19.0. The molecule has 14 heteroatoms. The Balaban J connectivity index is 3.06. The molecule has 0 heterocycles. The quantitative estimate of drug-likeness (QED) is 0.118. The topological polar surface area (TPSA) is 234 Å². The van der Waals surface area contributed by atoms with Crippen LogP contribution in [0.15, 0.2) is 24.3 Å². The highest BCUT2D eigenvalue weighted by Gasteiger charge is 2.30. The molecular weight excluding hydrogens is 470 g/mol. The minimum absolute atomic E-state index is 0.0238. The number of aliphatic carboxylic acids is 1. The fraction of sp³-hybridized carbons (Fsp3) is 0.450. The van der Waals surface area contributed by atoms with Gasteiger partial charge in [0.05, 0.1) is 6.61 Å². The molecule has 4 atom stereocenters. The zero-order chi connectivity index (χ0) is 25.8. The summed E-state index contributed by atoms with van der Waals surface area (Å²) in [6.45, 7) is -0.652. The normalized spacial score (nSPS) is 14.2. The number of aromatic hydroxyl groups is 1. The van der Waals surface area contributed by atoms with Crippen molar-refractivity contribution in [3.63, 3.8) is 0 Å². The van der Waals surface area contributed by atoms with Gasteiger partial charge in [-0.1, -0.05) is 12.1 Å². The van der Waals surface area contributed by atoms with Crippen LogP contribution < -0.4 is 27.4 Å². The number of carboxylic acids is 1. The second-order valence-corrected chi connectivity index (χ2v) is 7.73. The third kappa shape index (κ3) is 9.64. The number of carboxylic acid groups (broad SMARTS) is 1. The van der Waals surface area contributed by atoms with Crippen molar-refractivity contribution in [3.8, 4) is 5.75 Å². The summed E-state index contributed by atoms with van der Waals surface area (Å²) in [4.78, 5) is 60.0. The van der Waals surface area contributed by atoms with E-state index in [9.17, 15) is 34.2 Å². The van der Waals surface area contributed by atoms with Gasteiger partial charge >= 0.3 is 5.97 Å². The number of benzene rings is 1. The number of carbonyl (C=O) groups is 5. The van der Waals surface area contributed by atoms with Gasteiger partial charge in [-0.3, -0.25) is 19.2 Å². The lowest BCUT2D eigenvalue weighted by molar-refractivity contribution is -0.142. The number of aliphatic hydroxyl groups is 1. The maximum Gasteiger partial charge on any atom is 0.326 e. The largest absolute Gasteiger partial charge is 0.508 e. The van der Waals surface area contributed by atoms with Crippen molar-refractivity contribution < 1.29 is 39.3 Å². The summed E-state index contributed by atoms with van der Waals surface area (Å²) < 4.78 is 0. The smallest absolute Gasteiger partial charge is 0.326 e. The van der Waals surface area contributed by atoms with E-state index in [1.54, 1.807) is 0 Å². The Labute approximate surface area is 200 Å². The Kier molecular flexibility index (Phi) is 11.8. The lowest BCUT2D eigenvalue weighted by Crippen LogP contribution is -2.58. The molecule has 0 aromatic heterocycles. The minimum Gasteiger partial charge on any atom is -0.508 e. The molecule has 4 amide bonds. The summed E-state index contributed by atoms with van der Waals surface area (Å²) in [5.74, 6) is -4.82. The van der Waals surface area contributed by atoms with Crippen LogP contribution in [-0.4, -0.2) is 81.4 Å². The molecule has 34 heavy (non-hydrogen) atoms. The van der Waals surface area contributed by atoms with Gasteiger partial charge in [0.2, 0.25) is 23.6 Å². The van der Waals surface area contributed by atoms with E-state index in [-0.39, 0.29) is 30.8 Å². The number of nitrogens with two attached hydrogens (primary N) is 2. The van der Waals surface area contributed by atoms with Crippen LogP contribution >= 0.6 is 12.6 Å². The number of hydrogen-bond acceptors (Lipinski definition) is 9. The Bertz CT molecular complexity index is 882. The number of phenolic OH excluding ortho intramolecular Hbond substituents is 1. The van der Waals surface area contributed by atoms with Crippen LogP contribution in [0.2, 0.25) is 0 Å². The lowest BCUT2D eigenvalue weighted by atomic mass is 10.0. The van der Waals surface area contributed by atoms with Gasteiger partial charge in [0, 0.05) is 18.6 Å². The zero-order valence-electron chi connectivity index (χ0n) is 18.1. The van der Waals surface area contributed by atoms with Crippen molar-refractivity contribution in [3.05, 3.63) is 29.8 Å². The number of nitrogens with one attached hydrogen (secondary N) is 3. The molecule has 0 radical (unpaired) electrons. The first-order chi connectivity index (χ1) is 16.0. The van der Waals surface area contributed by atoms with E-state index < -0.39 is 60.4 Å². The van der Waals surface area contributed by atoms with Crippen molar-refractivity contribution in [2.24, 2.45) is 11.5 Å². The van der Waals surface area contributed by atoms with Crippen LogP contribution in [0.3, 0.4) is 0 Å². The molecule has 1 aromatic rings. The summed E-state index contributed by atoms with van der Waals surface area (Å²) in [6, 6.07) is 0.517. The van der Waals surface area contributed by atoms with Crippen LogP contribution in [0.4, 0.5) is 0 Å². The van der Waals surface area contributed by atoms with Gasteiger partial charge in [-0.2, -0.15) is 12.6 Å². The van der Waals surface area contributed by atoms with Gasteiger partial charge in [-0.25, -0.2) is 4.79 Å². The third-order valence-electron chi connectivity index (χ3n) is 4.65. The maximum atomic E-state index is 12.9. The second-order valence-electron chi connectivity index (χ2n) is 7.37. The highest BCUT2D eigenvalue weighted by Crippen LogP contribution is 2.12. The molecule has 188 valence electrons. The molecule has 0 aliphatic rings. The van der Waals surface area contributed by atoms with Crippen LogP contribution in [0.25, 0.3) is 0 Å². The Morgan fingerprint density at radius 3 is 1.94 bits per heavy atom. The highest BCUT2D eigenvalue weighted by molar-refractivity contribution is 7.80. The van der Waals surface area contributed by atoms with Gasteiger partial charge in [-0.05, 0) is 24.1 Å². The molecule has 0 fully saturated rings. The van der Waals surface area contributed by atoms with E-state index in [1.807, 2.05) is 0 Å². The van der Waals surface area contributed by atoms with Crippen LogP contribution in [-0.2, 0) is 30.4 Å². The van der Waals surface area contributed by atoms with Crippen molar-refractivity contribution in [2.45, 2.75) is 43.4 Å². The molecule has 1 aromatic carbocycles.